The van der Waals surface area contributed by atoms with Gasteiger partial charge >= 0.3 is 6.03 Å². The van der Waals surface area contributed by atoms with Gasteiger partial charge in [-0.15, -0.1) is 0 Å². The number of carbonyl (C=O) groups excluding carboxylic acids is 1. The van der Waals surface area contributed by atoms with E-state index in [1.54, 1.807) is 23.1 Å². The molecule has 0 radical (unpaired) electrons. The SMILES string of the molecule is CCOc1cc(N2CCCN(C(=O)NCc3ccc(Cl)c(Cl)c3)CC2)ccc1-n1cnc(C)n1. The average molecular weight is 503 g/mol. The van der Waals surface area contributed by atoms with Crippen molar-refractivity contribution in [2.45, 2.75) is 26.8 Å². The summed E-state index contributed by atoms with van der Waals surface area (Å²) >= 11 is 12.0. The van der Waals surface area contributed by atoms with Crippen LogP contribution in [0.3, 0.4) is 0 Å². The van der Waals surface area contributed by atoms with Crippen molar-refractivity contribution in [2.24, 2.45) is 0 Å². The summed E-state index contributed by atoms with van der Waals surface area (Å²) in [5.41, 5.74) is 2.82. The highest BCUT2D eigenvalue weighted by Crippen LogP contribution is 2.29. The molecule has 4 rings (SSSR count). The molecule has 3 aromatic rings. The summed E-state index contributed by atoms with van der Waals surface area (Å²) in [4.78, 5) is 21.1. The van der Waals surface area contributed by atoms with Gasteiger partial charge in [-0.25, -0.2) is 14.5 Å². The molecular formula is C24H28Cl2N6O2. The molecule has 0 spiro atoms. The van der Waals surface area contributed by atoms with Gasteiger partial charge in [0.2, 0.25) is 0 Å². The maximum absolute atomic E-state index is 12.8. The molecule has 0 aliphatic carbocycles. The van der Waals surface area contributed by atoms with Crippen LogP contribution in [0.15, 0.2) is 42.7 Å². The van der Waals surface area contributed by atoms with Gasteiger partial charge in [-0.3, -0.25) is 0 Å². The second kappa shape index (κ2) is 11.0. The number of benzene rings is 2. The first-order valence-corrected chi connectivity index (χ1v) is 12.1. The first-order chi connectivity index (χ1) is 16.4. The number of ether oxygens (including phenoxy) is 1. The second-order valence-electron chi connectivity index (χ2n) is 8.06. The summed E-state index contributed by atoms with van der Waals surface area (Å²) in [6, 6.07) is 11.4. The normalized spacial score (nSPS) is 14.1. The molecule has 1 aromatic heterocycles. The van der Waals surface area contributed by atoms with Crippen molar-refractivity contribution in [3.05, 3.63) is 64.2 Å². The Morgan fingerprint density at radius 2 is 1.94 bits per heavy atom. The van der Waals surface area contributed by atoms with E-state index >= 15 is 0 Å². The Hall–Kier alpha value is -2.97. The van der Waals surface area contributed by atoms with Crippen molar-refractivity contribution >= 4 is 34.9 Å². The number of hydrogen-bond acceptors (Lipinski definition) is 5. The Kier molecular flexibility index (Phi) is 7.80. The highest BCUT2D eigenvalue weighted by molar-refractivity contribution is 6.42. The lowest BCUT2D eigenvalue weighted by Crippen LogP contribution is -2.41. The van der Waals surface area contributed by atoms with E-state index in [1.165, 1.54) is 0 Å². The van der Waals surface area contributed by atoms with Crippen LogP contribution < -0.4 is 15.0 Å². The minimum atomic E-state index is -0.0835. The van der Waals surface area contributed by atoms with E-state index in [-0.39, 0.29) is 6.03 Å². The van der Waals surface area contributed by atoms with Crippen LogP contribution in [0.5, 0.6) is 5.75 Å². The summed E-state index contributed by atoms with van der Waals surface area (Å²) < 4.78 is 7.63. The van der Waals surface area contributed by atoms with Crippen molar-refractivity contribution in [3.63, 3.8) is 0 Å². The lowest BCUT2D eigenvalue weighted by molar-refractivity contribution is 0.201. The summed E-state index contributed by atoms with van der Waals surface area (Å²) in [7, 11) is 0. The zero-order chi connectivity index (χ0) is 24.1. The molecule has 0 atom stereocenters. The fraction of sp³-hybridized carbons (Fsp3) is 0.375. The van der Waals surface area contributed by atoms with E-state index in [0.717, 1.165) is 42.2 Å². The molecule has 2 heterocycles. The third-order valence-corrected chi connectivity index (χ3v) is 6.41. The average Bonchev–Trinajstić information content (AvgIpc) is 3.11. The molecule has 34 heavy (non-hydrogen) atoms. The van der Waals surface area contributed by atoms with Crippen LogP contribution in [0.2, 0.25) is 10.0 Å². The van der Waals surface area contributed by atoms with Gasteiger partial charge < -0.3 is 19.9 Å². The van der Waals surface area contributed by atoms with Crippen LogP contribution >= 0.6 is 23.2 Å². The lowest BCUT2D eigenvalue weighted by Gasteiger charge is -2.25. The maximum Gasteiger partial charge on any atom is 0.317 e. The molecule has 1 saturated heterocycles. The molecular weight excluding hydrogens is 475 g/mol. The number of carbonyl (C=O) groups is 1. The zero-order valence-corrected chi connectivity index (χ0v) is 20.8. The quantitative estimate of drug-likeness (QED) is 0.528. The third kappa shape index (κ3) is 5.74. The third-order valence-electron chi connectivity index (χ3n) is 5.67. The van der Waals surface area contributed by atoms with Gasteiger partial charge in [-0.1, -0.05) is 29.3 Å². The van der Waals surface area contributed by atoms with Crippen molar-refractivity contribution in [1.29, 1.82) is 0 Å². The Balaban J connectivity index is 1.39. The van der Waals surface area contributed by atoms with E-state index < -0.39 is 0 Å². The number of nitrogens with zero attached hydrogens (tertiary/aromatic N) is 5. The first-order valence-electron chi connectivity index (χ1n) is 11.3. The van der Waals surface area contributed by atoms with Crippen LogP contribution in [0.25, 0.3) is 5.69 Å². The van der Waals surface area contributed by atoms with Crippen LogP contribution in [0, 0.1) is 6.92 Å². The molecule has 1 aliphatic heterocycles. The standard InChI is InChI=1S/C24H28Cl2N6O2/c1-3-34-23-14-19(6-8-22(23)32-16-28-17(2)29-32)30-9-4-10-31(12-11-30)24(33)27-15-18-5-7-20(25)21(26)13-18/h5-8,13-14,16H,3-4,9-12,15H2,1-2H3,(H,27,33). The van der Waals surface area contributed by atoms with Gasteiger partial charge in [0, 0.05) is 44.5 Å². The number of nitrogens with one attached hydrogen (secondary N) is 1. The number of aryl methyl sites for hydroxylation is 1. The number of anilines is 1. The summed E-state index contributed by atoms with van der Waals surface area (Å²) in [5.74, 6) is 1.46. The molecule has 0 bridgehead atoms. The van der Waals surface area contributed by atoms with E-state index in [1.807, 2.05) is 36.9 Å². The van der Waals surface area contributed by atoms with E-state index in [2.05, 4.69) is 26.4 Å². The largest absolute Gasteiger partial charge is 0.492 e. The Labute approximate surface area is 209 Å². The molecule has 0 saturated carbocycles. The number of hydrogen-bond donors (Lipinski definition) is 1. The van der Waals surface area contributed by atoms with Gasteiger partial charge in [0.25, 0.3) is 0 Å². The van der Waals surface area contributed by atoms with E-state index in [4.69, 9.17) is 27.9 Å². The highest BCUT2D eigenvalue weighted by atomic mass is 35.5. The van der Waals surface area contributed by atoms with Gasteiger partial charge in [-0.05, 0) is 50.1 Å². The van der Waals surface area contributed by atoms with Crippen LogP contribution in [0.4, 0.5) is 10.5 Å². The monoisotopic (exact) mass is 502 g/mol. The predicted octanol–water partition coefficient (Wildman–Crippen LogP) is 4.70. The molecule has 1 aliphatic rings. The smallest absolute Gasteiger partial charge is 0.317 e. The number of halogens is 2. The van der Waals surface area contributed by atoms with Crippen molar-refractivity contribution in [2.75, 3.05) is 37.7 Å². The minimum absolute atomic E-state index is 0.0835. The molecule has 1 N–H and O–H groups in total. The molecule has 10 heteroatoms. The van der Waals surface area contributed by atoms with E-state index in [9.17, 15) is 4.79 Å². The van der Waals surface area contributed by atoms with Gasteiger partial charge in [-0.2, -0.15) is 5.10 Å². The Bertz CT molecular complexity index is 1150. The van der Waals surface area contributed by atoms with Gasteiger partial charge in [0.1, 0.15) is 23.6 Å². The number of rotatable bonds is 6. The Morgan fingerprint density at radius 3 is 2.68 bits per heavy atom. The fourth-order valence-corrected chi connectivity index (χ4v) is 4.26. The molecule has 0 unspecified atom stereocenters. The second-order valence-corrected chi connectivity index (χ2v) is 8.87. The van der Waals surface area contributed by atoms with Gasteiger partial charge in [0.05, 0.1) is 16.7 Å². The molecule has 180 valence electrons. The van der Waals surface area contributed by atoms with Crippen molar-refractivity contribution in [1.82, 2.24) is 25.0 Å². The number of aromatic nitrogens is 3. The lowest BCUT2D eigenvalue weighted by atomic mass is 10.2. The molecule has 2 aromatic carbocycles. The number of urea groups is 1. The molecule has 8 nitrogen and oxygen atoms in total. The van der Waals surface area contributed by atoms with Crippen molar-refractivity contribution in [3.8, 4) is 11.4 Å². The van der Waals surface area contributed by atoms with E-state index in [0.29, 0.717) is 42.1 Å². The minimum Gasteiger partial charge on any atom is -0.492 e. The van der Waals surface area contributed by atoms with Crippen molar-refractivity contribution < 1.29 is 9.53 Å². The van der Waals surface area contributed by atoms with Crippen LogP contribution in [0.1, 0.15) is 24.7 Å². The summed E-state index contributed by atoms with van der Waals surface area (Å²) in [6.07, 6.45) is 2.56. The first kappa shape index (κ1) is 24.2. The summed E-state index contributed by atoms with van der Waals surface area (Å²) in [5, 5.41) is 8.37. The Morgan fingerprint density at radius 1 is 1.09 bits per heavy atom. The number of amides is 2. The van der Waals surface area contributed by atoms with Crippen LogP contribution in [-0.4, -0.2) is 58.5 Å². The fourth-order valence-electron chi connectivity index (χ4n) is 3.94. The predicted molar refractivity (Wildman–Crippen MR) is 134 cm³/mol. The molecule has 1 fully saturated rings. The van der Waals surface area contributed by atoms with Crippen LogP contribution in [-0.2, 0) is 6.54 Å². The zero-order valence-electron chi connectivity index (χ0n) is 19.3. The summed E-state index contributed by atoms with van der Waals surface area (Å²) in [6.45, 7) is 7.67. The highest BCUT2D eigenvalue weighted by Gasteiger charge is 2.20. The maximum atomic E-state index is 12.8. The molecule has 2 amide bonds. The van der Waals surface area contributed by atoms with Gasteiger partial charge in [0.15, 0.2) is 0 Å². The topological polar surface area (TPSA) is 75.5 Å².